The number of hydrogen-bond donors (Lipinski definition) is 1. The molecule has 0 saturated heterocycles. The van der Waals surface area contributed by atoms with E-state index in [2.05, 4.69) is 25.3 Å². The van der Waals surface area contributed by atoms with E-state index in [1.165, 1.54) is 0 Å². The highest BCUT2D eigenvalue weighted by atomic mass is 15.2. The van der Waals surface area contributed by atoms with Gasteiger partial charge in [-0.1, -0.05) is 6.07 Å². The number of imidazole rings is 1. The van der Waals surface area contributed by atoms with Crippen LogP contribution in [0, 0.1) is 0 Å². The highest BCUT2D eigenvalue weighted by molar-refractivity contribution is 5.38. The van der Waals surface area contributed by atoms with Crippen LogP contribution >= 0.6 is 0 Å². The zero-order valence-electron chi connectivity index (χ0n) is 12.5. The number of rotatable bonds is 5. The maximum absolute atomic E-state index is 4.55. The van der Waals surface area contributed by atoms with Crippen LogP contribution in [0.5, 0.6) is 0 Å². The predicted molar refractivity (Wildman–Crippen MR) is 85.0 cm³/mol. The van der Waals surface area contributed by atoms with E-state index >= 15 is 0 Å². The Morgan fingerprint density at radius 1 is 1.14 bits per heavy atom. The third-order valence-corrected chi connectivity index (χ3v) is 3.09. The van der Waals surface area contributed by atoms with Gasteiger partial charge in [0.15, 0.2) is 0 Å². The number of anilines is 2. The van der Waals surface area contributed by atoms with Crippen LogP contribution in [0.1, 0.15) is 5.69 Å². The second kappa shape index (κ2) is 6.21. The summed E-state index contributed by atoms with van der Waals surface area (Å²) in [4.78, 5) is 19.2. The fraction of sp³-hybridized carbons (Fsp3) is 0.200. The average molecular weight is 295 g/mol. The van der Waals surface area contributed by atoms with Crippen molar-refractivity contribution in [1.29, 1.82) is 0 Å². The van der Waals surface area contributed by atoms with Crippen molar-refractivity contribution >= 4 is 11.8 Å². The average Bonchev–Trinajstić information content (AvgIpc) is 3.08. The lowest BCUT2D eigenvalue weighted by Gasteiger charge is -2.12. The molecule has 1 N–H and O–H groups in total. The second-order valence-electron chi connectivity index (χ2n) is 4.94. The topological polar surface area (TPSA) is 71.8 Å². The number of nitrogens with one attached hydrogen (secondary N) is 1. The molecule has 112 valence electrons. The van der Waals surface area contributed by atoms with Gasteiger partial charge >= 0.3 is 0 Å². The molecule has 0 radical (unpaired) electrons. The maximum Gasteiger partial charge on any atom is 0.224 e. The first kappa shape index (κ1) is 14.0. The lowest BCUT2D eigenvalue weighted by atomic mass is 10.3. The Bertz CT molecular complexity index is 737. The standard InChI is InChI=1S/C15H17N7/c1-21(2)13-5-3-4-12(19-13)10-18-15-17-7-6-14(20-15)22-9-8-16-11-22/h3-9,11H,10H2,1-2H3,(H,17,18,20). The molecule has 3 aromatic heterocycles. The van der Waals surface area contributed by atoms with Crippen LogP contribution in [0.15, 0.2) is 49.2 Å². The lowest BCUT2D eigenvalue weighted by molar-refractivity contribution is 0.941. The summed E-state index contributed by atoms with van der Waals surface area (Å²) in [6.45, 7) is 0.565. The van der Waals surface area contributed by atoms with Gasteiger partial charge in [-0.3, -0.25) is 4.57 Å². The van der Waals surface area contributed by atoms with Gasteiger partial charge in [0.05, 0.1) is 12.2 Å². The van der Waals surface area contributed by atoms with Crippen molar-refractivity contribution in [2.45, 2.75) is 6.54 Å². The summed E-state index contributed by atoms with van der Waals surface area (Å²) in [7, 11) is 3.94. The molecule has 3 rings (SSSR count). The molecule has 0 unspecified atom stereocenters. The van der Waals surface area contributed by atoms with E-state index in [0.29, 0.717) is 12.5 Å². The van der Waals surface area contributed by atoms with Gasteiger partial charge in [0.2, 0.25) is 5.95 Å². The first-order valence-electron chi connectivity index (χ1n) is 6.91. The van der Waals surface area contributed by atoms with Gasteiger partial charge in [0, 0.05) is 32.7 Å². The van der Waals surface area contributed by atoms with Gasteiger partial charge in [0.25, 0.3) is 0 Å². The molecule has 0 bridgehead atoms. The Kier molecular flexibility index (Phi) is 3.95. The van der Waals surface area contributed by atoms with Crippen molar-refractivity contribution < 1.29 is 0 Å². The molecule has 0 aliphatic rings. The fourth-order valence-corrected chi connectivity index (χ4v) is 1.96. The summed E-state index contributed by atoms with van der Waals surface area (Å²) in [6.07, 6.45) is 6.97. The molecule has 0 aliphatic carbocycles. The molecule has 7 heteroatoms. The fourth-order valence-electron chi connectivity index (χ4n) is 1.96. The maximum atomic E-state index is 4.55. The Hall–Kier alpha value is -2.96. The van der Waals surface area contributed by atoms with Crippen LogP contribution in [0.3, 0.4) is 0 Å². The minimum absolute atomic E-state index is 0.559. The van der Waals surface area contributed by atoms with Crippen LogP contribution in [0.25, 0.3) is 5.82 Å². The van der Waals surface area contributed by atoms with Gasteiger partial charge in [-0.05, 0) is 18.2 Å². The Balaban J connectivity index is 1.72. The van der Waals surface area contributed by atoms with Crippen molar-refractivity contribution in [3.63, 3.8) is 0 Å². The van der Waals surface area contributed by atoms with E-state index < -0.39 is 0 Å². The first-order chi connectivity index (χ1) is 10.7. The summed E-state index contributed by atoms with van der Waals surface area (Å²) in [6, 6.07) is 7.76. The lowest BCUT2D eigenvalue weighted by Crippen LogP contribution is -2.12. The smallest absolute Gasteiger partial charge is 0.224 e. The third-order valence-electron chi connectivity index (χ3n) is 3.09. The van der Waals surface area contributed by atoms with Crippen molar-refractivity contribution in [3.05, 3.63) is 54.9 Å². The van der Waals surface area contributed by atoms with E-state index in [1.54, 1.807) is 18.7 Å². The molecule has 0 amide bonds. The molecule has 0 atom stereocenters. The Morgan fingerprint density at radius 2 is 2.05 bits per heavy atom. The molecule has 7 nitrogen and oxygen atoms in total. The molecule has 3 heterocycles. The molecule has 0 aliphatic heterocycles. The molecule has 0 aromatic carbocycles. The Morgan fingerprint density at radius 3 is 2.82 bits per heavy atom. The number of pyridine rings is 1. The van der Waals surface area contributed by atoms with Crippen LogP contribution < -0.4 is 10.2 Å². The van der Waals surface area contributed by atoms with E-state index in [9.17, 15) is 0 Å². The molecule has 3 aromatic rings. The summed E-state index contributed by atoms with van der Waals surface area (Å²) < 4.78 is 1.83. The zero-order valence-corrected chi connectivity index (χ0v) is 12.5. The predicted octanol–water partition coefficient (Wildman–Crippen LogP) is 1.74. The van der Waals surface area contributed by atoms with Crippen molar-refractivity contribution in [2.24, 2.45) is 0 Å². The normalized spacial score (nSPS) is 10.5. The molecule has 0 saturated carbocycles. The molecule has 22 heavy (non-hydrogen) atoms. The summed E-state index contributed by atoms with van der Waals surface area (Å²) in [5, 5.41) is 3.19. The van der Waals surface area contributed by atoms with Gasteiger partial charge in [-0.15, -0.1) is 0 Å². The number of nitrogens with zero attached hydrogens (tertiary/aromatic N) is 6. The van der Waals surface area contributed by atoms with Crippen molar-refractivity contribution in [2.75, 3.05) is 24.3 Å². The van der Waals surface area contributed by atoms with Gasteiger partial charge in [-0.2, -0.15) is 4.98 Å². The van der Waals surface area contributed by atoms with Gasteiger partial charge < -0.3 is 10.2 Å². The second-order valence-corrected chi connectivity index (χ2v) is 4.94. The number of aromatic nitrogens is 5. The largest absolute Gasteiger partial charge is 0.363 e. The van der Waals surface area contributed by atoms with E-state index in [1.807, 2.05) is 54.0 Å². The van der Waals surface area contributed by atoms with E-state index in [0.717, 1.165) is 17.3 Å². The van der Waals surface area contributed by atoms with Crippen LogP contribution in [0.2, 0.25) is 0 Å². The number of hydrogen-bond acceptors (Lipinski definition) is 6. The summed E-state index contributed by atoms with van der Waals surface area (Å²) in [5.74, 6) is 2.25. The summed E-state index contributed by atoms with van der Waals surface area (Å²) in [5.41, 5.74) is 0.933. The molecular formula is C15H17N7. The van der Waals surface area contributed by atoms with Crippen LogP contribution in [0.4, 0.5) is 11.8 Å². The third kappa shape index (κ3) is 3.20. The highest BCUT2D eigenvalue weighted by Gasteiger charge is 2.03. The quantitative estimate of drug-likeness (QED) is 0.773. The molecule has 0 spiro atoms. The van der Waals surface area contributed by atoms with Crippen molar-refractivity contribution in [3.8, 4) is 5.82 Å². The monoisotopic (exact) mass is 295 g/mol. The van der Waals surface area contributed by atoms with E-state index in [-0.39, 0.29) is 0 Å². The Labute approximate surface area is 128 Å². The van der Waals surface area contributed by atoms with Crippen molar-refractivity contribution in [1.82, 2.24) is 24.5 Å². The van der Waals surface area contributed by atoms with E-state index in [4.69, 9.17) is 0 Å². The van der Waals surface area contributed by atoms with Gasteiger partial charge in [-0.25, -0.2) is 15.0 Å². The molecule has 0 fully saturated rings. The zero-order chi connectivity index (χ0) is 15.4. The minimum atomic E-state index is 0.559. The molecular weight excluding hydrogens is 278 g/mol. The SMILES string of the molecule is CN(C)c1cccc(CNc2nccc(-n3ccnc3)n2)n1. The highest BCUT2D eigenvalue weighted by Crippen LogP contribution is 2.10. The van der Waals surface area contributed by atoms with Gasteiger partial charge in [0.1, 0.15) is 18.0 Å². The van der Waals surface area contributed by atoms with Crippen LogP contribution in [-0.4, -0.2) is 38.6 Å². The first-order valence-corrected chi connectivity index (χ1v) is 6.91. The summed E-state index contributed by atoms with van der Waals surface area (Å²) >= 11 is 0. The van der Waals surface area contributed by atoms with Crippen LogP contribution in [-0.2, 0) is 6.54 Å². The minimum Gasteiger partial charge on any atom is -0.363 e.